The maximum Gasteiger partial charge on any atom is 0.160 e. The van der Waals surface area contributed by atoms with Crippen LogP contribution in [0.2, 0.25) is 0 Å². The minimum Gasteiger partial charge on any atom is -0.355 e. The van der Waals surface area contributed by atoms with Gasteiger partial charge in [-0.25, -0.2) is 15.0 Å². The van der Waals surface area contributed by atoms with Gasteiger partial charge in [-0.2, -0.15) is 0 Å². The van der Waals surface area contributed by atoms with Gasteiger partial charge in [-0.15, -0.1) is 0 Å². The second-order valence-corrected chi connectivity index (χ2v) is 6.34. The first-order valence-corrected chi connectivity index (χ1v) is 8.52. The van der Waals surface area contributed by atoms with Crippen LogP contribution >= 0.6 is 0 Å². The van der Waals surface area contributed by atoms with Gasteiger partial charge >= 0.3 is 0 Å². The molecule has 0 N–H and O–H groups in total. The van der Waals surface area contributed by atoms with Gasteiger partial charge in [0.05, 0.1) is 17.1 Å². The average molecular weight is 344 g/mol. The highest BCUT2D eigenvalue weighted by Gasteiger charge is 2.32. The van der Waals surface area contributed by atoms with Crippen LogP contribution in [0.5, 0.6) is 0 Å². The molecule has 1 aliphatic rings. The van der Waals surface area contributed by atoms with Crippen molar-refractivity contribution in [1.29, 1.82) is 0 Å². The molecule has 4 rings (SSSR count). The molecule has 0 unspecified atom stereocenters. The molecule has 6 heteroatoms. The maximum atomic E-state index is 4.68. The number of hydrogen-bond donors (Lipinski definition) is 0. The molecule has 4 heterocycles. The summed E-state index contributed by atoms with van der Waals surface area (Å²) in [5.41, 5.74) is 3.80. The summed E-state index contributed by atoms with van der Waals surface area (Å²) in [7, 11) is 0. The average Bonchev–Trinajstić information content (AvgIpc) is 3.07. The highest BCUT2D eigenvalue weighted by molar-refractivity contribution is 5.63. The number of imidazole rings is 1. The first-order valence-electron chi connectivity index (χ1n) is 8.52. The Morgan fingerprint density at radius 2 is 1.88 bits per heavy atom. The first-order chi connectivity index (χ1) is 12.7. The molecule has 0 aromatic carbocycles. The molecule has 130 valence electrons. The standard InChI is InChI=1S/C20H20N6/c1-4-15-6-7-18(24-17(15)5-2)25-11-16(12-25)19-20(22-9-8-21-19)26-10-14(3)23-13-26/h4-10,13,16H,1-2,11-12H2,3H3. The predicted molar refractivity (Wildman–Crippen MR) is 103 cm³/mol. The highest BCUT2D eigenvalue weighted by atomic mass is 15.2. The smallest absolute Gasteiger partial charge is 0.160 e. The second-order valence-electron chi connectivity index (χ2n) is 6.34. The molecular formula is C20H20N6. The van der Waals surface area contributed by atoms with E-state index in [2.05, 4.69) is 38.0 Å². The van der Waals surface area contributed by atoms with E-state index in [1.807, 2.05) is 29.8 Å². The molecule has 0 radical (unpaired) electrons. The Morgan fingerprint density at radius 1 is 1.08 bits per heavy atom. The Hall–Kier alpha value is -3.28. The number of rotatable bonds is 5. The third-order valence-corrected chi connectivity index (χ3v) is 4.61. The quantitative estimate of drug-likeness (QED) is 0.711. The van der Waals surface area contributed by atoms with Gasteiger partial charge in [0.15, 0.2) is 5.82 Å². The Morgan fingerprint density at radius 3 is 2.58 bits per heavy atom. The molecule has 3 aromatic rings. The van der Waals surface area contributed by atoms with Gasteiger partial charge in [0.1, 0.15) is 12.1 Å². The molecule has 3 aromatic heterocycles. The fourth-order valence-corrected chi connectivity index (χ4v) is 3.19. The number of aryl methyl sites for hydroxylation is 1. The fourth-order valence-electron chi connectivity index (χ4n) is 3.19. The highest BCUT2D eigenvalue weighted by Crippen LogP contribution is 2.32. The molecule has 6 nitrogen and oxygen atoms in total. The van der Waals surface area contributed by atoms with E-state index in [4.69, 9.17) is 0 Å². The summed E-state index contributed by atoms with van der Waals surface area (Å²) in [5, 5.41) is 0. The number of pyridine rings is 1. The summed E-state index contributed by atoms with van der Waals surface area (Å²) in [6.07, 6.45) is 10.8. The van der Waals surface area contributed by atoms with E-state index >= 15 is 0 Å². The molecule has 1 fully saturated rings. The van der Waals surface area contributed by atoms with Crippen LogP contribution in [-0.2, 0) is 0 Å². The van der Waals surface area contributed by atoms with E-state index in [9.17, 15) is 0 Å². The van der Waals surface area contributed by atoms with Crippen molar-refractivity contribution in [2.24, 2.45) is 0 Å². The van der Waals surface area contributed by atoms with Crippen molar-refractivity contribution in [3.05, 3.63) is 72.9 Å². The van der Waals surface area contributed by atoms with Gasteiger partial charge in [-0.1, -0.05) is 19.2 Å². The summed E-state index contributed by atoms with van der Waals surface area (Å²) in [4.78, 5) is 20.3. The van der Waals surface area contributed by atoms with E-state index < -0.39 is 0 Å². The van der Waals surface area contributed by atoms with Crippen molar-refractivity contribution in [3.8, 4) is 5.82 Å². The minimum absolute atomic E-state index is 0.314. The van der Waals surface area contributed by atoms with E-state index in [1.54, 1.807) is 30.9 Å². The molecule has 0 spiro atoms. The molecule has 1 aliphatic heterocycles. The SMILES string of the molecule is C=Cc1ccc(N2CC(c3nccnc3-n3cnc(C)c3)C2)nc1C=C. The van der Waals surface area contributed by atoms with Gasteiger partial charge in [0.25, 0.3) is 0 Å². The van der Waals surface area contributed by atoms with Gasteiger partial charge in [0.2, 0.25) is 0 Å². The summed E-state index contributed by atoms with van der Waals surface area (Å²) in [6, 6.07) is 4.05. The third-order valence-electron chi connectivity index (χ3n) is 4.61. The van der Waals surface area contributed by atoms with Crippen LogP contribution in [-0.4, -0.2) is 37.6 Å². The third kappa shape index (κ3) is 2.79. The van der Waals surface area contributed by atoms with E-state index in [0.717, 1.165) is 47.4 Å². The van der Waals surface area contributed by atoms with Crippen LogP contribution in [0.3, 0.4) is 0 Å². The van der Waals surface area contributed by atoms with E-state index in [1.165, 1.54) is 0 Å². The zero-order chi connectivity index (χ0) is 18.1. The Kier molecular flexibility index (Phi) is 4.08. The normalized spacial score (nSPS) is 14.1. The zero-order valence-electron chi connectivity index (χ0n) is 14.7. The van der Waals surface area contributed by atoms with Crippen molar-refractivity contribution < 1.29 is 0 Å². The first kappa shape index (κ1) is 16.2. The van der Waals surface area contributed by atoms with Crippen molar-refractivity contribution >= 4 is 18.0 Å². The predicted octanol–water partition coefficient (Wildman–Crippen LogP) is 3.26. The van der Waals surface area contributed by atoms with Crippen LogP contribution in [0.15, 0.2) is 50.2 Å². The van der Waals surface area contributed by atoms with Gasteiger partial charge in [-0.05, 0) is 30.7 Å². The number of anilines is 1. The Balaban J connectivity index is 1.56. The molecular weight excluding hydrogens is 324 g/mol. The molecule has 26 heavy (non-hydrogen) atoms. The Bertz CT molecular complexity index is 968. The van der Waals surface area contributed by atoms with Crippen LogP contribution in [0, 0.1) is 6.92 Å². The van der Waals surface area contributed by atoms with Crippen molar-refractivity contribution in [1.82, 2.24) is 24.5 Å². The molecule has 0 bridgehead atoms. The lowest BCUT2D eigenvalue weighted by atomic mass is 9.95. The van der Waals surface area contributed by atoms with Crippen LogP contribution < -0.4 is 4.90 Å². The van der Waals surface area contributed by atoms with Crippen molar-refractivity contribution in [3.63, 3.8) is 0 Å². The Labute approximate surface area is 152 Å². The fraction of sp³-hybridized carbons (Fsp3) is 0.200. The zero-order valence-corrected chi connectivity index (χ0v) is 14.7. The summed E-state index contributed by atoms with van der Waals surface area (Å²) in [5.74, 6) is 2.11. The molecule has 0 aliphatic carbocycles. The monoisotopic (exact) mass is 344 g/mol. The van der Waals surface area contributed by atoms with Gasteiger partial charge in [0, 0.05) is 37.6 Å². The second kappa shape index (κ2) is 6.55. The van der Waals surface area contributed by atoms with Crippen molar-refractivity contribution in [2.45, 2.75) is 12.8 Å². The van der Waals surface area contributed by atoms with Crippen LogP contribution in [0.1, 0.15) is 28.6 Å². The number of hydrogen-bond acceptors (Lipinski definition) is 5. The molecule has 0 saturated carbocycles. The summed E-state index contributed by atoms with van der Waals surface area (Å²) in [6.45, 7) is 11.3. The van der Waals surface area contributed by atoms with Gasteiger partial charge < -0.3 is 4.90 Å². The lowest BCUT2D eigenvalue weighted by Crippen LogP contribution is -2.46. The van der Waals surface area contributed by atoms with Gasteiger partial charge in [-0.3, -0.25) is 9.55 Å². The van der Waals surface area contributed by atoms with E-state index in [-0.39, 0.29) is 0 Å². The minimum atomic E-state index is 0.314. The van der Waals surface area contributed by atoms with Crippen LogP contribution in [0.25, 0.3) is 18.0 Å². The lowest BCUT2D eigenvalue weighted by molar-refractivity contribution is 0.505. The maximum absolute atomic E-state index is 4.68. The topological polar surface area (TPSA) is 59.7 Å². The van der Waals surface area contributed by atoms with Crippen LogP contribution in [0.4, 0.5) is 5.82 Å². The number of aromatic nitrogens is 5. The summed E-state index contributed by atoms with van der Waals surface area (Å²) >= 11 is 0. The van der Waals surface area contributed by atoms with Crippen molar-refractivity contribution in [2.75, 3.05) is 18.0 Å². The molecule has 0 amide bonds. The largest absolute Gasteiger partial charge is 0.355 e. The lowest BCUT2D eigenvalue weighted by Gasteiger charge is -2.40. The number of nitrogens with zero attached hydrogens (tertiary/aromatic N) is 6. The summed E-state index contributed by atoms with van der Waals surface area (Å²) < 4.78 is 1.94. The van der Waals surface area contributed by atoms with E-state index in [0.29, 0.717) is 5.92 Å². The molecule has 0 atom stereocenters. The molecule has 1 saturated heterocycles.